The molecule has 2 heterocycles. The molecule has 0 saturated carbocycles. The number of aromatic amines is 1. The van der Waals surface area contributed by atoms with Crippen LogP contribution in [0.4, 0.5) is 10.1 Å². The van der Waals surface area contributed by atoms with Crippen LogP contribution in [0.25, 0.3) is 22.0 Å². The Morgan fingerprint density at radius 1 is 1.12 bits per heavy atom. The van der Waals surface area contributed by atoms with Gasteiger partial charge in [-0.1, -0.05) is 12.1 Å². The zero-order chi connectivity index (χ0) is 18.1. The van der Waals surface area contributed by atoms with Crippen molar-refractivity contribution in [3.8, 4) is 11.1 Å². The van der Waals surface area contributed by atoms with Gasteiger partial charge in [0, 0.05) is 17.3 Å². The van der Waals surface area contributed by atoms with Gasteiger partial charge in [0.15, 0.2) is 5.82 Å². The number of anilines is 1. The van der Waals surface area contributed by atoms with Gasteiger partial charge in [0.05, 0.1) is 23.5 Å². The first-order valence-electron chi connectivity index (χ1n) is 8.07. The fraction of sp³-hybridized carbons (Fsp3) is 0.0500. The number of benzene rings is 2. The van der Waals surface area contributed by atoms with Crippen LogP contribution in [0.15, 0.2) is 61.1 Å². The number of carbonyl (C=O) groups excluding carboxylic acids is 1. The van der Waals surface area contributed by atoms with Gasteiger partial charge >= 0.3 is 0 Å². The number of hydrogen-bond donors (Lipinski definition) is 2. The standard InChI is InChI=1S/C20H15FN4O/c1-12-8-14-10-23-25-19(14)9-17(12)13-2-4-15(5-3-13)24-20(26)16-6-7-22-11-18(16)21/h2-11H,1H3,(H,23,25)(H,24,26). The Hall–Kier alpha value is -3.54. The molecule has 0 radical (unpaired) electrons. The van der Waals surface area contributed by atoms with E-state index in [1.807, 2.05) is 19.1 Å². The van der Waals surface area contributed by atoms with Gasteiger partial charge in [-0.25, -0.2) is 4.39 Å². The first kappa shape index (κ1) is 16.0. The normalized spacial score (nSPS) is 10.8. The Morgan fingerprint density at radius 2 is 1.92 bits per heavy atom. The van der Waals surface area contributed by atoms with Gasteiger partial charge in [0.2, 0.25) is 0 Å². The van der Waals surface area contributed by atoms with Gasteiger partial charge in [-0.3, -0.25) is 14.9 Å². The third kappa shape index (κ3) is 2.93. The Morgan fingerprint density at radius 3 is 2.69 bits per heavy atom. The van der Waals surface area contributed by atoms with Crippen molar-refractivity contribution in [2.24, 2.45) is 0 Å². The molecule has 4 aromatic rings. The highest BCUT2D eigenvalue weighted by molar-refractivity contribution is 6.04. The highest BCUT2D eigenvalue weighted by atomic mass is 19.1. The lowest BCUT2D eigenvalue weighted by Gasteiger charge is -2.09. The molecule has 0 aliphatic carbocycles. The number of H-pyrrole nitrogens is 1. The van der Waals surface area contributed by atoms with Crippen molar-refractivity contribution < 1.29 is 9.18 Å². The third-order valence-electron chi connectivity index (χ3n) is 4.26. The van der Waals surface area contributed by atoms with Crippen molar-refractivity contribution in [1.29, 1.82) is 0 Å². The molecular formula is C20H15FN4O. The molecule has 0 spiro atoms. The summed E-state index contributed by atoms with van der Waals surface area (Å²) in [6, 6.07) is 12.9. The van der Waals surface area contributed by atoms with E-state index < -0.39 is 11.7 Å². The van der Waals surface area contributed by atoms with Crippen LogP contribution in [0.5, 0.6) is 0 Å². The number of nitrogens with zero attached hydrogens (tertiary/aromatic N) is 2. The number of rotatable bonds is 3. The number of nitrogens with one attached hydrogen (secondary N) is 2. The Balaban J connectivity index is 1.59. The number of aryl methyl sites for hydroxylation is 1. The van der Waals surface area contributed by atoms with Gasteiger partial charge in [-0.15, -0.1) is 0 Å². The van der Waals surface area contributed by atoms with E-state index in [0.717, 1.165) is 33.8 Å². The van der Waals surface area contributed by atoms with E-state index in [4.69, 9.17) is 0 Å². The van der Waals surface area contributed by atoms with Crippen molar-refractivity contribution in [3.05, 3.63) is 78.0 Å². The van der Waals surface area contributed by atoms with Gasteiger partial charge in [0.1, 0.15) is 0 Å². The molecule has 0 fully saturated rings. The van der Waals surface area contributed by atoms with Gasteiger partial charge < -0.3 is 5.32 Å². The summed E-state index contributed by atoms with van der Waals surface area (Å²) in [6.07, 6.45) is 4.20. The zero-order valence-electron chi connectivity index (χ0n) is 14.0. The molecule has 0 bridgehead atoms. The van der Waals surface area contributed by atoms with Crippen LogP contribution in [0.3, 0.4) is 0 Å². The molecule has 6 heteroatoms. The highest BCUT2D eigenvalue weighted by Crippen LogP contribution is 2.28. The molecule has 0 unspecified atom stereocenters. The maximum absolute atomic E-state index is 13.6. The van der Waals surface area contributed by atoms with Crippen LogP contribution in [0, 0.1) is 12.7 Å². The van der Waals surface area contributed by atoms with Crippen LogP contribution >= 0.6 is 0 Å². The number of amides is 1. The Labute approximate surface area is 148 Å². The summed E-state index contributed by atoms with van der Waals surface area (Å²) in [5.74, 6) is -1.15. The van der Waals surface area contributed by atoms with E-state index in [0.29, 0.717) is 5.69 Å². The summed E-state index contributed by atoms with van der Waals surface area (Å²) in [4.78, 5) is 15.8. The second-order valence-electron chi connectivity index (χ2n) is 6.01. The van der Waals surface area contributed by atoms with Crippen LogP contribution in [0.1, 0.15) is 15.9 Å². The van der Waals surface area contributed by atoms with Crippen LogP contribution in [0.2, 0.25) is 0 Å². The van der Waals surface area contributed by atoms with Gasteiger partial charge in [-0.05, 0) is 53.9 Å². The molecule has 0 saturated heterocycles. The quantitative estimate of drug-likeness (QED) is 0.580. The number of hydrogen-bond acceptors (Lipinski definition) is 3. The molecule has 2 aromatic heterocycles. The Kier molecular flexibility index (Phi) is 3.93. The largest absolute Gasteiger partial charge is 0.322 e. The molecule has 2 aromatic carbocycles. The lowest BCUT2D eigenvalue weighted by Crippen LogP contribution is -2.13. The van der Waals surface area contributed by atoms with Crippen LogP contribution < -0.4 is 5.32 Å². The average Bonchev–Trinajstić information content (AvgIpc) is 3.09. The summed E-state index contributed by atoms with van der Waals surface area (Å²) >= 11 is 0. The minimum absolute atomic E-state index is 0.0374. The number of pyridine rings is 1. The second kappa shape index (κ2) is 6.40. The molecular weight excluding hydrogens is 331 g/mol. The lowest BCUT2D eigenvalue weighted by atomic mass is 9.99. The van der Waals surface area contributed by atoms with E-state index in [1.54, 1.807) is 18.3 Å². The summed E-state index contributed by atoms with van der Waals surface area (Å²) in [5.41, 5.74) is 4.76. The smallest absolute Gasteiger partial charge is 0.258 e. The average molecular weight is 346 g/mol. The van der Waals surface area contributed by atoms with Crippen LogP contribution in [-0.4, -0.2) is 21.1 Å². The van der Waals surface area contributed by atoms with E-state index in [-0.39, 0.29) is 5.56 Å². The first-order chi connectivity index (χ1) is 12.6. The lowest BCUT2D eigenvalue weighted by molar-refractivity contribution is 0.102. The zero-order valence-corrected chi connectivity index (χ0v) is 14.0. The van der Waals surface area contributed by atoms with Crippen molar-refractivity contribution in [2.75, 3.05) is 5.32 Å². The molecule has 0 aliphatic rings. The predicted octanol–water partition coefficient (Wildman–Crippen LogP) is 4.32. The summed E-state index contributed by atoms with van der Waals surface area (Å²) in [6.45, 7) is 2.05. The van der Waals surface area contributed by atoms with E-state index >= 15 is 0 Å². The van der Waals surface area contributed by atoms with E-state index in [1.165, 1.54) is 12.3 Å². The SMILES string of the molecule is Cc1cc2cn[nH]c2cc1-c1ccc(NC(=O)c2ccncc2F)cc1. The predicted molar refractivity (Wildman–Crippen MR) is 98.4 cm³/mol. The molecule has 1 amide bonds. The van der Waals surface area contributed by atoms with E-state index in [2.05, 4.69) is 32.6 Å². The maximum Gasteiger partial charge on any atom is 0.258 e. The molecule has 26 heavy (non-hydrogen) atoms. The Bertz CT molecular complexity index is 1100. The number of aromatic nitrogens is 3. The van der Waals surface area contributed by atoms with Crippen LogP contribution in [-0.2, 0) is 0 Å². The minimum atomic E-state index is -0.648. The molecule has 0 aliphatic heterocycles. The fourth-order valence-corrected chi connectivity index (χ4v) is 2.91. The molecule has 4 rings (SSSR count). The van der Waals surface area contributed by atoms with Crippen molar-refractivity contribution in [3.63, 3.8) is 0 Å². The van der Waals surface area contributed by atoms with Crippen molar-refractivity contribution in [2.45, 2.75) is 6.92 Å². The monoisotopic (exact) mass is 346 g/mol. The van der Waals surface area contributed by atoms with Crippen molar-refractivity contribution in [1.82, 2.24) is 15.2 Å². The molecule has 2 N–H and O–H groups in total. The number of carbonyl (C=O) groups is 1. The summed E-state index contributed by atoms with van der Waals surface area (Å²) < 4.78 is 13.6. The van der Waals surface area contributed by atoms with E-state index in [9.17, 15) is 9.18 Å². The highest BCUT2D eigenvalue weighted by Gasteiger charge is 2.12. The number of fused-ring (bicyclic) bond motifs is 1. The minimum Gasteiger partial charge on any atom is -0.322 e. The van der Waals surface area contributed by atoms with Gasteiger partial charge in [-0.2, -0.15) is 5.10 Å². The summed E-state index contributed by atoms with van der Waals surface area (Å²) in [5, 5.41) is 10.8. The fourth-order valence-electron chi connectivity index (χ4n) is 2.91. The topological polar surface area (TPSA) is 70.7 Å². The van der Waals surface area contributed by atoms with Gasteiger partial charge in [0.25, 0.3) is 5.91 Å². The van der Waals surface area contributed by atoms with Crippen molar-refractivity contribution >= 4 is 22.5 Å². The first-order valence-corrected chi connectivity index (χ1v) is 8.07. The molecule has 128 valence electrons. The second-order valence-corrected chi connectivity index (χ2v) is 6.01. The maximum atomic E-state index is 13.6. The molecule has 5 nitrogen and oxygen atoms in total. The third-order valence-corrected chi connectivity index (χ3v) is 4.26. The molecule has 0 atom stereocenters. The number of halogens is 1. The summed E-state index contributed by atoms with van der Waals surface area (Å²) in [7, 11) is 0.